The number of carbonyl (C=O) groups is 2. The third-order valence-electron chi connectivity index (χ3n) is 11.5. The molecule has 1 aliphatic heterocycles. The lowest BCUT2D eigenvalue weighted by Crippen LogP contribution is -2.45. The van der Waals surface area contributed by atoms with Gasteiger partial charge in [0.2, 0.25) is 0 Å². The first-order valence-corrected chi connectivity index (χ1v) is 17.4. The van der Waals surface area contributed by atoms with Crippen LogP contribution < -0.4 is 10.4 Å². The Balaban J connectivity index is 0.000000155. The number of aryl methyl sites for hydroxylation is 1. The van der Waals surface area contributed by atoms with E-state index in [0.29, 0.717) is 46.8 Å². The molecule has 6 unspecified atom stereocenters. The summed E-state index contributed by atoms with van der Waals surface area (Å²) in [4.78, 5) is 35.2. The van der Waals surface area contributed by atoms with Crippen LogP contribution in [0.5, 0.6) is 11.5 Å². The maximum absolute atomic E-state index is 12.4. The number of carbonyl (C=O) groups excluding carboxylic acids is 2. The Morgan fingerprint density at radius 1 is 0.939 bits per heavy atom. The number of ether oxygens (including phenoxy) is 3. The van der Waals surface area contributed by atoms with Crippen molar-refractivity contribution in [2.75, 3.05) is 0 Å². The largest absolute Gasteiger partial charge is 0.508 e. The molecule has 2 saturated carbocycles. The van der Waals surface area contributed by atoms with Gasteiger partial charge in [0.05, 0.1) is 5.56 Å². The van der Waals surface area contributed by atoms with E-state index < -0.39 is 11.2 Å². The van der Waals surface area contributed by atoms with Crippen molar-refractivity contribution in [3.8, 4) is 11.5 Å². The molecule has 1 N–H and O–H groups in total. The maximum atomic E-state index is 12.4. The average Bonchev–Trinajstić information content (AvgIpc) is 3.64. The number of esters is 2. The van der Waals surface area contributed by atoms with Crippen LogP contribution >= 0.6 is 0 Å². The van der Waals surface area contributed by atoms with Crippen LogP contribution in [0.4, 0.5) is 0 Å². The van der Waals surface area contributed by atoms with Crippen LogP contribution in [0.15, 0.2) is 82.0 Å². The first-order chi connectivity index (χ1) is 23.4. The molecule has 256 valence electrons. The molecule has 0 radical (unpaired) electrons. The van der Waals surface area contributed by atoms with E-state index in [1.54, 1.807) is 36.4 Å². The fourth-order valence-corrected chi connectivity index (χ4v) is 9.05. The maximum Gasteiger partial charge on any atom is 0.338 e. The summed E-state index contributed by atoms with van der Waals surface area (Å²) in [6.07, 6.45) is 7.17. The molecular formula is C41H44O8. The van der Waals surface area contributed by atoms with Crippen molar-refractivity contribution in [3.05, 3.63) is 105 Å². The summed E-state index contributed by atoms with van der Waals surface area (Å²) in [7, 11) is 0. The van der Waals surface area contributed by atoms with Crippen molar-refractivity contribution in [2.24, 2.45) is 17.3 Å². The Labute approximate surface area is 286 Å². The predicted octanol–water partition coefficient (Wildman–Crippen LogP) is 7.91. The van der Waals surface area contributed by atoms with E-state index in [0.717, 1.165) is 30.2 Å². The Kier molecular flexibility index (Phi) is 8.54. The molecule has 2 heterocycles. The van der Waals surface area contributed by atoms with E-state index in [9.17, 15) is 19.5 Å². The lowest BCUT2D eigenvalue weighted by atomic mass is 9.55. The fraction of sp³-hybridized carbons (Fsp3) is 0.439. The van der Waals surface area contributed by atoms with Crippen LogP contribution in [0.3, 0.4) is 0 Å². The van der Waals surface area contributed by atoms with Gasteiger partial charge in [0.15, 0.2) is 0 Å². The molecule has 0 bridgehead atoms. The molecule has 1 aromatic heterocycles. The summed E-state index contributed by atoms with van der Waals surface area (Å²) in [6, 6.07) is 21.6. The average molecular weight is 665 g/mol. The molecule has 0 spiro atoms. The highest BCUT2D eigenvalue weighted by Gasteiger charge is 2.56. The highest BCUT2D eigenvalue weighted by Crippen LogP contribution is 2.61. The van der Waals surface area contributed by atoms with Gasteiger partial charge in [-0.2, -0.15) is 0 Å². The Bertz CT molecular complexity index is 1940. The highest BCUT2D eigenvalue weighted by atomic mass is 16.6. The first kappa shape index (κ1) is 32.9. The smallest absolute Gasteiger partial charge is 0.338 e. The minimum Gasteiger partial charge on any atom is -0.508 e. The minimum absolute atomic E-state index is 0.104. The van der Waals surface area contributed by atoms with E-state index in [-0.39, 0.29) is 29.6 Å². The molecule has 8 rings (SSSR count). The molecule has 0 amide bonds. The molecule has 8 heteroatoms. The van der Waals surface area contributed by atoms with Crippen LogP contribution in [0.1, 0.15) is 92.8 Å². The van der Waals surface area contributed by atoms with Crippen molar-refractivity contribution in [1.82, 2.24) is 0 Å². The van der Waals surface area contributed by atoms with Crippen molar-refractivity contribution < 1.29 is 33.3 Å². The first-order valence-electron chi connectivity index (χ1n) is 17.4. The molecule has 4 aromatic rings. The van der Waals surface area contributed by atoms with Gasteiger partial charge < -0.3 is 23.7 Å². The van der Waals surface area contributed by atoms with E-state index in [1.165, 1.54) is 43.4 Å². The number of hydrogen-bond donors (Lipinski definition) is 1. The van der Waals surface area contributed by atoms with Gasteiger partial charge in [0.25, 0.3) is 0 Å². The van der Waals surface area contributed by atoms with E-state index >= 15 is 0 Å². The SMILES string of the molecule is CC(=O)OC1CCC2C3CCc4cc(O)ccc4C3CCC12C.CC(C)(OC(=O)c1ccccc1)C1Cc2cc3ccc(=O)oc3cc2O1. The number of aromatic hydroxyl groups is 1. The normalized spacial score (nSPS) is 26.6. The minimum atomic E-state index is -0.820. The summed E-state index contributed by atoms with van der Waals surface area (Å²) in [6.45, 7) is 7.56. The van der Waals surface area contributed by atoms with E-state index in [1.807, 2.05) is 38.1 Å². The van der Waals surface area contributed by atoms with Crippen LogP contribution in [-0.2, 0) is 27.1 Å². The van der Waals surface area contributed by atoms with Gasteiger partial charge in [0, 0.05) is 36.3 Å². The summed E-state index contributed by atoms with van der Waals surface area (Å²) in [5.74, 6) is 2.50. The van der Waals surface area contributed by atoms with Gasteiger partial charge in [-0.25, -0.2) is 9.59 Å². The standard InChI is InChI=1S/C21H18O5.C20H26O3/c1-21(2,26-20(23)13-6-4-3-5-7-13)18-11-15-10-14-8-9-19(22)25-16(14)12-17(15)24-18;1-12(21)23-19-8-7-18-17-5-3-13-11-14(22)4-6-15(13)16(17)9-10-20(18,19)2/h3-10,12,18H,11H2,1-2H3;4,6,11,16-19,22H,3,5,7-10H2,1-2H3. The highest BCUT2D eigenvalue weighted by molar-refractivity contribution is 5.89. The van der Waals surface area contributed by atoms with Crippen molar-refractivity contribution in [2.45, 2.75) is 96.4 Å². The van der Waals surface area contributed by atoms with Crippen molar-refractivity contribution in [1.29, 1.82) is 0 Å². The molecular weight excluding hydrogens is 620 g/mol. The van der Waals surface area contributed by atoms with Crippen LogP contribution in [-0.4, -0.2) is 34.9 Å². The number of rotatable bonds is 4. The van der Waals surface area contributed by atoms with Crippen molar-refractivity contribution >= 4 is 22.9 Å². The summed E-state index contributed by atoms with van der Waals surface area (Å²) < 4.78 is 22.6. The zero-order valence-corrected chi connectivity index (χ0v) is 28.6. The predicted molar refractivity (Wildman–Crippen MR) is 185 cm³/mol. The second kappa shape index (κ2) is 12.7. The summed E-state index contributed by atoms with van der Waals surface area (Å²) in [5.41, 5.74) is 3.71. The van der Waals surface area contributed by atoms with Gasteiger partial charge in [-0.15, -0.1) is 0 Å². The molecule has 4 aliphatic rings. The second-order valence-electron chi connectivity index (χ2n) is 14.9. The molecule has 3 aliphatic carbocycles. The number of phenols is 1. The fourth-order valence-electron chi connectivity index (χ4n) is 9.05. The van der Waals surface area contributed by atoms with E-state index in [2.05, 4.69) is 13.0 Å². The quantitative estimate of drug-likeness (QED) is 0.173. The lowest BCUT2D eigenvalue weighted by Gasteiger charge is -2.50. The van der Waals surface area contributed by atoms with Gasteiger partial charge in [-0.1, -0.05) is 31.2 Å². The molecule has 2 fully saturated rings. The molecule has 6 atom stereocenters. The van der Waals surface area contributed by atoms with E-state index in [4.69, 9.17) is 18.6 Å². The number of benzene rings is 3. The number of phenolic OH excluding ortho intramolecular Hbond substituents is 1. The second-order valence-corrected chi connectivity index (χ2v) is 14.9. The summed E-state index contributed by atoms with van der Waals surface area (Å²) in [5, 5.41) is 10.6. The van der Waals surface area contributed by atoms with Gasteiger partial charge in [-0.05, 0) is 123 Å². The molecule has 0 saturated heterocycles. The van der Waals surface area contributed by atoms with Crippen LogP contribution in [0.25, 0.3) is 11.0 Å². The van der Waals surface area contributed by atoms with Crippen LogP contribution in [0, 0.1) is 17.3 Å². The Morgan fingerprint density at radius 2 is 1.73 bits per heavy atom. The zero-order chi connectivity index (χ0) is 34.5. The van der Waals surface area contributed by atoms with Gasteiger partial charge >= 0.3 is 17.6 Å². The third kappa shape index (κ3) is 6.33. The zero-order valence-electron chi connectivity index (χ0n) is 28.6. The molecule has 3 aromatic carbocycles. The van der Waals surface area contributed by atoms with Gasteiger partial charge in [-0.3, -0.25) is 4.79 Å². The Hall–Kier alpha value is -4.59. The number of hydrogen-bond acceptors (Lipinski definition) is 8. The number of fused-ring (bicyclic) bond motifs is 7. The summed E-state index contributed by atoms with van der Waals surface area (Å²) >= 11 is 0. The van der Waals surface area contributed by atoms with Gasteiger partial charge in [0.1, 0.15) is 34.9 Å². The topological polar surface area (TPSA) is 112 Å². The van der Waals surface area contributed by atoms with Crippen molar-refractivity contribution in [3.63, 3.8) is 0 Å². The monoisotopic (exact) mass is 664 g/mol. The van der Waals surface area contributed by atoms with Crippen LogP contribution in [0.2, 0.25) is 0 Å². The Morgan fingerprint density at radius 3 is 2.51 bits per heavy atom. The molecule has 8 nitrogen and oxygen atoms in total. The molecule has 49 heavy (non-hydrogen) atoms. The third-order valence-corrected chi connectivity index (χ3v) is 11.5. The lowest BCUT2D eigenvalue weighted by molar-refractivity contribution is -0.154.